The molecule has 0 saturated carbocycles. The molecular formula is C36H36Cl2N6O5. The molecule has 1 aliphatic rings. The van der Waals surface area contributed by atoms with Gasteiger partial charge < -0.3 is 14.8 Å². The molecule has 1 N–H and O–H groups in total. The van der Waals surface area contributed by atoms with E-state index in [0.717, 1.165) is 36.1 Å². The summed E-state index contributed by atoms with van der Waals surface area (Å²) in [4.78, 5) is 49.3. The minimum atomic E-state index is -0.468. The van der Waals surface area contributed by atoms with E-state index in [2.05, 4.69) is 15.2 Å². The van der Waals surface area contributed by atoms with E-state index < -0.39 is 11.2 Å². The maximum Gasteiger partial charge on any atom is 0.330 e. The first-order valence-electron chi connectivity index (χ1n) is 15.9. The number of rotatable bonds is 9. The van der Waals surface area contributed by atoms with Crippen molar-refractivity contribution in [2.75, 3.05) is 32.1 Å². The van der Waals surface area contributed by atoms with Gasteiger partial charge in [0.05, 0.1) is 46.6 Å². The van der Waals surface area contributed by atoms with Crippen molar-refractivity contribution in [2.24, 2.45) is 20.0 Å². The molecule has 2 aromatic carbocycles. The molecule has 0 spiro atoms. The Balaban J connectivity index is 1.27. The lowest BCUT2D eigenvalue weighted by molar-refractivity contribution is -0.149. The van der Waals surface area contributed by atoms with Gasteiger partial charge >= 0.3 is 11.7 Å². The molecule has 49 heavy (non-hydrogen) atoms. The summed E-state index contributed by atoms with van der Waals surface area (Å²) in [5.74, 6) is 0.602. The van der Waals surface area contributed by atoms with Gasteiger partial charge in [-0.3, -0.25) is 23.6 Å². The Bertz CT molecular complexity index is 2170. The van der Waals surface area contributed by atoms with Gasteiger partial charge in [0.15, 0.2) is 0 Å². The fourth-order valence-electron chi connectivity index (χ4n) is 6.27. The van der Waals surface area contributed by atoms with Crippen molar-refractivity contribution in [3.05, 3.63) is 97.2 Å². The third kappa shape index (κ3) is 6.66. The van der Waals surface area contributed by atoms with Crippen LogP contribution in [-0.4, -0.2) is 56.8 Å². The van der Waals surface area contributed by atoms with Crippen molar-refractivity contribution >= 4 is 51.6 Å². The number of pyridine rings is 2. The third-order valence-electron chi connectivity index (χ3n) is 8.93. The number of carbonyl (C=O) groups excluding carboxylic acids is 1. The number of nitrogens with one attached hydrogen (secondary N) is 1. The third-order valence-corrected chi connectivity index (χ3v) is 9.75. The van der Waals surface area contributed by atoms with Crippen molar-refractivity contribution in [1.29, 1.82) is 0 Å². The monoisotopic (exact) mass is 702 g/mol. The molecule has 1 saturated heterocycles. The predicted molar refractivity (Wildman–Crippen MR) is 192 cm³/mol. The number of aryl methyl sites for hydroxylation is 1. The number of nitrogens with zero attached hydrogens (tertiary/aromatic N) is 5. The number of methoxy groups -OCH3 is 1. The molecule has 0 aliphatic carbocycles. The second-order valence-corrected chi connectivity index (χ2v) is 12.6. The lowest BCUT2D eigenvalue weighted by atomic mass is 9.96. The number of piperidine rings is 1. The molecule has 1 fully saturated rings. The van der Waals surface area contributed by atoms with Crippen LogP contribution >= 0.6 is 23.2 Å². The number of fused-ring (bicyclic) bond motifs is 1. The molecule has 254 valence electrons. The molecule has 3 aromatic heterocycles. The zero-order chi connectivity index (χ0) is 34.8. The quantitative estimate of drug-likeness (QED) is 0.179. The Morgan fingerprint density at radius 1 is 0.939 bits per heavy atom. The summed E-state index contributed by atoms with van der Waals surface area (Å²) in [6.07, 6.45) is 3.04. The number of hydrogen-bond donors (Lipinski definition) is 1. The number of ether oxygens (including phenoxy) is 2. The Kier molecular flexibility index (Phi) is 10.0. The smallest absolute Gasteiger partial charge is 0.330 e. The van der Waals surface area contributed by atoms with Crippen LogP contribution < -0.4 is 21.3 Å². The van der Waals surface area contributed by atoms with Crippen LogP contribution in [0.15, 0.2) is 70.4 Å². The highest BCUT2D eigenvalue weighted by Gasteiger charge is 2.27. The van der Waals surface area contributed by atoms with E-state index in [1.807, 2.05) is 49.4 Å². The highest BCUT2D eigenvalue weighted by molar-refractivity contribution is 6.39. The number of hydrogen-bond acceptors (Lipinski definition) is 9. The maximum atomic E-state index is 13.1. The lowest BCUT2D eigenvalue weighted by Crippen LogP contribution is -2.37. The Labute approximate surface area is 293 Å². The normalized spacial score (nSPS) is 13.8. The van der Waals surface area contributed by atoms with Crippen LogP contribution in [-0.2, 0) is 30.2 Å². The number of aromatic nitrogens is 4. The van der Waals surface area contributed by atoms with Crippen LogP contribution in [0.1, 0.15) is 25.3 Å². The van der Waals surface area contributed by atoms with E-state index in [4.69, 9.17) is 37.7 Å². The number of halogens is 2. The maximum absolute atomic E-state index is 13.1. The summed E-state index contributed by atoms with van der Waals surface area (Å²) in [6.45, 7) is 4.43. The van der Waals surface area contributed by atoms with Crippen LogP contribution in [0.2, 0.25) is 10.0 Å². The highest BCUT2D eigenvalue weighted by Crippen LogP contribution is 2.42. The average Bonchev–Trinajstić information content (AvgIpc) is 3.11. The molecule has 0 unspecified atom stereocenters. The average molecular weight is 704 g/mol. The molecule has 1 aliphatic heterocycles. The highest BCUT2D eigenvalue weighted by atomic mass is 35.5. The SMILES string of the molecule is CCOC(=O)C1CCN(Cc2ccc(-c3cccc(-c4cccc(Nc5nccc6c5c(=O)n(C)c(=O)n6C)c4Cl)c3Cl)nc2OC)CC1. The molecule has 4 heterocycles. The largest absolute Gasteiger partial charge is 0.481 e. The number of esters is 1. The van der Waals surface area contributed by atoms with Crippen molar-refractivity contribution < 1.29 is 14.3 Å². The summed E-state index contributed by atoms with van der Waals surface area (Å²) >= 11 is 14.1. The Morgan fingerprint density at radius 3 is 2.35 bits per heavy atom. The molecule has 0 radical (unpaired) electrons. The zero-order valence-electron chi connectivity index (χ0n) is 27.6. The predicted octanol–water partition coefficient (Wildman–Crippen LogP) is 6.20. The van der Waals surface area contributed by atoms with Gasteiger partial charge in [0.1, 0.15) is 11.2 Å². The molecule has 0 bridgehead atoms. The topological polar surface area (TPSA) is 121 Å². The van der Waals surface area contributed by atoms with E-state index in [9.17, 15) is 14.4 Å². The van der Waals surface area contributed by atoms with Crippen LogP contribution in [0.4, 0.5) is 11.5 Å². The van der Waals surface area contributed by atoms with E-state index >= 15 is 0 Å². The van der Waals surface area contributed by atoms with Gasteiger partial charge in [-0.05, 0) is 51.1 Å². The molecule has 5 aromatic rings. The Hall–Kier alpha value is -4.71. The van der Waals surface area contributed by atoms with Gasteiger partial charge in [-0.15, -0.1) is 0 Å². The molecular weight excluding hydrogens is 667 g/mol. The number of anilines is 2. The second-order valence-electron chi connectivity index (χ2n) is 11.9. The summed E-state index contributed by atoms with van der Waals surface area (Å²) in [5, 5.41) is 4.29. The van der Waals surface area contributed by atoms with Crippen LogP contribution in [0.5, 0.6) is 5.88 Å². The van der Waals surface area contributed by atoms with Crippen LogP contribution in [0.25, 0.3) is 33.3 Å². The van der Waals surface area contributed by atoms with E-state index in [1.54, 1.807) is 26.3 Å². The first-order valence-corrected chi connectivity index (χ1v) is 16.7. The van der Waals surface area contributed by atoms with E-state index in [0.29, 0.717) is 62.7 Å². The molecule has 0 amide bonds. The first-order chi connectivity index (χ1) is 23.6. The zero-order valence-corrected chi connectivity index (χ0v) is 29.1. The van der Waals surface area contributed by atoms with Crippen molar-refractivity contribution in [1.82, 2.24) is 24.0 Å². The summed E-state index contributed by atoms with van der Waals surface area (Å²) in [5.41, 5.74) is 3.68. The second kappa shape index (κ2) is 14.4. The molecule has 11 nitrogen and oxygen atoms in total. The number of benzene rings is 2. The molecule has 0 atom stereocenters. The minimum absolute atomic E-state index is 0.0570. The number of carbonyl (C=O) groups is 1. The van der Waals surface area contributed by atoms with Gasteiger partial charge in [-0.2, -0.15) is 0 Å². The first kappa shape index (κ1) is 34.2. The van der Waals surface area contributed by atoms with E-state index in [1.165, 1.54) is 17.8 Å². The van der Waals surface area contributed by atoms with Gasteiger partial charge in [-0.1, -0.05) is 59.6 Å². The number of likely N-dealkylation sites (tertiary alicyclic amines) is 1. The fourth-order valence-corrected chi connectivity index (χ4v) is 6.87. The molecule has 6 rings (SSSR count). The van der Waals surface area contributed by atoms with Crippen LogP contribution in [0, 0.1) is 5.92 Å². The summed E-state index contributed by atoms with van der Waals surface area (Å²) in [6, 6.07) is 16.7. The van der Waals surface area contributed by atoms with Gasteiger partial charge in [0.25, 0.3) is 5.56 Å². The lowest BCUT2D eigenvalue weighted by Gasteiger charge is -2.31. The van der Waals surface area contributed by atoms with Gasteiger partial charge in [0, 0.05) is 49.1 Å². The van der Waals surface area contributed by atoms with Gasteiger partial charge in [0.2, 0.25) is 5.88 Å². The fraction of sp³-hybridized carbons (Fsp3) is 0.306. The summed E-state index contributed by atoms with van der Waals surface area (Å²) < 4.78 is 13.4. The van der Waals surface area contributed by atoms with Crippen molar-refractivity contribution in [2.45, 2.75) is 26.3 Å². The van der Waals surface area contributed by atoms with Gasteiger partial charge in [-0.25, -0.2) is 14.8 Å². The molecule has 13 heteroatoms. The van der Waals surface area contributed by atoms with E-state index in [-0.39, 0.29) is 23.1 Å². The standard InChI is InChI=1S/C36H36Cl2N6O5/c1-5-49-35(46)21-15-18-44(19-16-21)20-22-12-13-26(41-33(22)48-4)25-10-6-8-23(30(25)37)24-9-7-11-27(31(24)38)40-32-29-28(14-17-39-32)42(2)36(47)43(3)34(29)45/h6-14,17,21H,5,15-16,18-20H2,1-4H3,(H,39,40). The minimum Gasteiger partial charge on any atom is -0.481 e. The Morgan fingerprint density at radius 2 is 1.63 bits per heavy atom. The van der Waals surface area contributed by atoms with Crippen LogP contribution in [0.3, 0.4) is 0 Å². The summed E-state index contributed by atoms with van der Waals surface area (Å²) in [7, 11) is 4.63. The van der Waals surface area contributed by atoms with Crippen molar-refractivity contribution in [3.63, 3.8) is 0 Å². The van der Waals surface area contributed by atoms with Crippen molar-refractivity contribution in [3.8, 4) is 28.3 Å².